The first-order chi connectivity index (χ1) is 8.90. The van der Waals surface area contributed by atoms with Crippen molar-refractivity contribution in [3.8, 4) is 0 Å². The molecule has 0 saturated heterocycles. The number of hydrogen-bond acceptors (Lipinski definition) is 3. The van der Waals surface area contributed by atoms with Crippen molar-refractivity contribution in [3.63, 3.8) is 0 Å². The molecule has 1 aliphatic carbocycles. The molecule has 108 valence electrons. The van der Waals surface area contributed by atoms with Crippen molar-refractivity contribution in [2.45, 2.75) is 64.1 Å². The lowest BCUT2D eigenvalue weighted by atomic mass is 9.89. The van der Waals surface area contributed by atoms with E-state index >= 15 is 0 Å². The van der Waals surface area contributed by atoms with Crippen LogP contribution in [0.1, 0.15) is 51.3 Å². The smallest absolute Gasteiger partial charge is 0.0722 e. The molecule has 0 aromatic carbocycles. The van der Waals surface area contributed by atoms with Gasteiger partial charge in [0.05, 0.1) is 11.8 Å². The van der Waals surface area contributed by atoms with Crippen LogP contribution in [0.4, 0.5) is 0 Å². The van der Waals surface area contributed by atoms with Gasteiger partial charge in [0.1, 0.15) is 0 Å². The van der Waals surface area contributed by atoms with E-state index < -0.39 is 0 Å². The van der Waals surface area contributed by atoms with E-state index in [1.54, 1.807) is 0 Å². The maximum absolute atomic E-state index is 5.42. The minimum Gasteiger partial charge on any atom is -0.381 e. The number of aromatic nitrogens is 2. The number of methoxy groups -OCH3 is 1. The van der Waals surface area contributed by atoms with E-state index in [0.29, 0.717) is 12.1 Å². The second-order valence-electron chi connectivity index (χ2n) is 6.68. The Morgan fingerprint density at radius 1 is 1.42 bits per heavy atom. The van der Waals surface area contributed by atoms with Gasteiger partial charge in [-0.1, -0.05) is 20.8 Å². The summed E-state index contributed by atoms with van der Waals surface area (Å²) in [6.07, 6.45) is 6.09. The van der Waals surface area contributed by atoms with Gasteiger partial charge in [-0.3, -0.25) is 4.68 Å². The molecule has 1 aromatic rings. The Bertz CT molecular complexity index is 420. The highest BCUT2D eigenvalue weighted by Crippen LogP contribution is 2.25. The summed E-state index contributed by atoms with van der Waals surface area (Å²) in [6.45, 7) is 7.56. The fraction of sp³-hybridized carbons (Fsp3) is 0.800. The van der Waals surface area contributed by atoms with E-state index in [1.807, 2.05) is 18.8 Å². The zero-order chi connectivity index (χ0) is 14.0. The maximum Gasteiger partial charge on any atom is 0.0722 e. The minimum absolute atomic E-state index is 0.100. The summed E-state index contributed by atoms with van der Waals surface area (Å²) < 4.78 is 7.34. The van der Waals surface area contributed by atoms with Crippen molar-refractivity contribution in [3.05, 3.63) is 17.5 Å². The molecule has 4 nitrogen and oxygen atoms in total. The molecule has 4 heteroatoms. The molecule has 2 unspecified atom stereocenters. The number of nitrogens with one attached hydrogen (secondary N) is 1. The summed E-state index contributed by atoms with van der Waals surface area (Å²) in [5, 5.41) is 8.26. The van der Waals surface area contributed by atoms with Crippen LogP contribution in [0.5, 0.6) is 0 Å². The van der Waals surface area contributed by atoms with Gasteiger partial charge in [0.25, 0.3) is 0 Å². The van der Waals surface area contributed by atoms with E-state index in [1.165, 1.54) is 24.1 Å². The molecular formula is C15H27N3O. The fourth-order valence-corrected chi connectivity index (χ4v) is 2.89. The van der Waals surface area contributed by atoms with Crippen LogP contribution in [0.25, 0.3) is 0 Å². The SMILES string of the molecule is COC1CCC(NCc2cn(C)nc2C(C)(C)C)C1. The topological polar surface area (TPSA) is 39.1 Å². The van der Waals surface area contributed by atoms with Crippen molar-refractivity contribution in [2.24, 2.45) is 7.05 Å². The number of nitrogens with zero attached hydrogens (tertiary/aromatic N) is 2. The average Bonchev–Trinajstić information content (AvgIpc) is 2.91. The molecule has 0 radical (unpaired) electrons. The van der Waals surface area contributed by atoms with Crippen LogP contribution in [0.2, 0.25) is 0 Å². The van der Waals surface area contributed by atoms with Crippen LogP contribution in [0, 0.1) is 0 Å². The van der Waals surface area contributed by atoms with Crippen molar-refractivity contribution >= 4 is 0 Å². The van der Waals surface area contributed by atoms with Gasteiger partial charge < -0.3 is 10.1 Å². The summed E-state index contributed by atoms with van der Waals surface area (Å²) >= 11 is 0. The molecular weight excluding hydrogens is 238 g/mol. The molecule has 0 amide bonds. The van der Waals surface area contributed by atoms with Crippen molar-refractivity contribution in [1.82, 2.24) is 15.1 Å². The third-order valence-electron chi connectivity index (χ3n) is 3.91. The Labute approximate surface area is 116 Å². The first-order valence-corrected chi connectivity index (χ1v) is 7.19. The van der Waals surface area contributed by atoms with Crippen LogP contribution in [0.15, 0.2) is 6.20 Å². The Morgan fingerprint density at radius 3 is 2.74 bits per heavy atom. The van der Waals surface area contributed by atoms with Gasteiger partial charge >= 0.3 is 0 Å². The average molecular weight is 265 g/mol. The largest absolute Gasteiger partial charge is 0.381 e. The Morgan fingerprint density at radius 2 is 2.16 bits per heavy atom. The first-order valence-electron chi connectivity index (χ1n) is 7.19. The lowest BCUT2D eigenvalue weighted by Gasteiger charge is -2.19. The number of hydrogen-bond donors (Lipinski definition) is 1. The second-order valence-corrected chi connectivity index (χ2v) is 6.68. The molecule has 1 heterocycles. The van der Waals surface area contributed by atoms with E-state index in [2.05, 4.69) is 37.4 Å². The molecule has 1 N–H and O–H groups in total. The highest BCUT2D eigenvalue weighted by Gasteiger charge is 2.26. The van der Waals surface area contributed by atoms with Crippen molar-refractivity contribution in [2.75, 3.05) is 7.11 Å². The number of rotatable bonds is 4. The summed E-state index contributed by atoms with van der Waals surface area (Å²) in [5.74, 6) is 0. The minimum atomic E-state index is 0.100. The summed E-state index contributed by atoms with van der Waals surface area (Å²) in [4.78, 5) is 0. The zero-order valence-electron chi connectivity index (χ0n) is 12.9. The molecule has 0 spiro atoms. The molecule has 0 bridgehead atoms. The summed E-state index contributed by atoms with van der Waals surface area (Å²) in [5.41, 5.74) is 2.61. The normalized spacial score (nSPS) is 24.1. The lowest BCUT2D eigenvalue weighted by molar-refractivity contribution is 0.107. The van der Waals surface area contributed by atoms with E-state index in [0.717, 1.165) is 13.0 Å². The third-order valence-corrected chi connectivity index (χ3v) is 3.91. The van der Waals surface area contributed by atoms with Gasteiger partial charge in [0.2, 0.25) is 0 Å². The Hall–Kier alpha value is -0.870. The van der Waals surface area contributed by atoms with Crippen LogP contribution in [-0.2, 0) is 23.7 Å². The molecule has 0 aliphatic heterocycles. The van der Waals surface area contributed by atoms with E-state index in [9.17, 15) is 0 Å². The quantitative estimate of drug-likeness (QED) is 0.908. The van der Waals surface area contributed by atoms with E-state index in [4.69, 9.17) is 4.74 Å². The van der Waals surface area contributed by atoms with Crippen LogP contribution >= 0.6 is 0 Å². The van der Waals surface area contributed by atoms with Gasteiger partial charge in [0.15, 0.2) is 0 Å². The van der Waals surface area contributed by atoms with Gasteiger partial charge in [-0.05, 0) is 19.3 Å². The Kier molecular flexibility index (Phi) is 4.31. The van der Waals surface area contributed by atoms with Crippen LogP contribution in [0.3, 0.4) is 0 Å². The van der Waals surface area contributed by atoms with Crippen LogP contribution < -0.4 is 5.32 Å². The van der Waals surface area contributed by atoms with Gasteiger partial charge in [0, 0.05) is 43.9 Å². The second kappa shape index (κ2) is 5.63. The summed E-state index contributed by atoms with van der Waals surface area (Å²) in [7, 11) is 3.81. The van der Waals surface area contributed by atoms with Gasteiger partial charge in [-0.15, -0.1) is 0 Å². The predicted octanol–water partition coefficient (Wildman–Crippen LogP) is 2.37. The maximum atomic E-state index is 5.42. The first kappa shape index (κ1) is 14.5. The van der Waals surface area contributed by atoms with Gasteiger partial charge in [-0.2, -0.15) is 5.10 Å². The van der Waals surface area contributed by atoms with E-state index in [-0.39, 0.29) is 5.41 Å². The molecule has 1 fully saturated rings. The predicted molar refractivity (Wildman–Crippen MR) is 77.2 cm³/mol. The van der Waals surface area contributed by atoms with Crippen molar-refractivity contribution < 1.29 is 4.74 Å². The Balaban J connectivity index is 1.97. The monoisotopic (exact) mass is 265 g/mol. The standard InChI is InChI=1S/C15H27N3O/c1-15(2,3)14-11(10-18(4)17-14)9-16-12-6-7-13(8-12)19-5/h10,12-13,16H,6-9H2,1-5H3. The highest BCUT2D eigenvalue weighted by atomic mass is 16.5. The zero-order valence-corrected chi connectivity index (χ0v) is 12.9. The molecule has 1 aliphatic rings. The fourth-order valence-electron chi connectivity index (χ4n) is 2.89. The van der Waals surface area contributed by atoms with Crippen molar-refractivity contribution in [1.29, 1.82) is 0 Å². The highest BCUT2D eigenvalue weighted by molar-refractivity contribution is 5.24. The number of aryl methyl sites for hydroxylation is 1. The lowest BCUT2D eigenvalue weighted by Crippen LogP contribution is -2.28. The van der Waals surface area contributed by atoms with Gasteiger partial charge in [-0.25, -0.2) is 0 Å². The summed E-state index contributed by atoms with van der Waals surface area (Å²) in [6, 6.07) is 0.581. The third kappa shape index (κ3) is 3.57. The molecule has 2 rings (SSSR count). The molecule has 1 aromatic heterocycles. The molecule has 1 saturated carbocycles. The molecule has 2 atom stereocenters. The number of ether oxygens (including phenoxy) is 1. The van der Waals surface area contributed by atoms with Crippen LogP contribution in [-0.4, -0.2) is 29.0 Å². The molecule has 19 heavy (non-hydrogen) atoms.